The summed E-state index contributed by atoms with van der Waals surface area (Å²) in [6, 6.07) is 0. The van der Waals surface area contributed by atoms with Crippen molar-refractivity contribution in [2.24, 2.45) is 16.5 Å². The normalized spacial score (nSPS) is 14.6. The molecule has 138 valence electrons. The highest BCUT2D eigenvalue weighted by molar-refractivity contribution is 7.93. The van der Waals surface area contributed by atoms with E-state index in [-0.39, 0.29) is 18.3 Å². The zero-order chi connectivity index (χ0) is 18.8. The Kier molecular flexibility index (Phi) is 9.66. The molecule has 0 aromatic rings. The molecule has 0 aliphatic carbocycles. The van der Waals surface area contributed by atoms with E-state index in [2.05, 4.69) is 44.5 Å². The molecule has 0 spiro atoms. The standard InChI is InChI=1S/C18H33N3O2S/c1-6-18(5,24(22,23)14-13-21-17(19)20)12-8-11-16(4)10-7-9-15(2)3/h6,9,11H,1,7-8,10,12-14H2,2-5H3,(H4,19,20,21)/b16-11+/t18-/m1/s1. The van der Waals surface area contributed by atoms with Crippen molar-refractivity contribution in [2.45, 2.75) is 58.1 Å². The van der Waals surface area contributed by atoms with E-state index in [4.69, 9.17) is 11.5 Å². The van der Waals surface area contributed by atoms with Crippen LogP contribution in [0.2, 0.25) is 0 Å². The van der Waals surface area contributed by atoms with Gasteiger partial charge in [-0.25, -0.2) is 8.42 Å². The van der Waals surface area contributed by atoms with Gasteiger partial charge in [0, 0.05) is 0 Å². The maximum Gasteiger partial charge on any atom is 0.185 e. The lowest BCUT2D eigenvalue weighted by molar-refractivity contribution is 0.550. The van der Waals surface area contributed by atoms with Gasteiger partial charge in [0.15, 0.2) is 15.8 Å². The third-order valence-electron chi connectivity index (χ3n) is 4.02. The van der Waals surface area contributed by atoms with E-state index >= 15 is 0 Å². The van der Waals surface area contributed by atoms with Crippen molar-refractivity contribution >= 4 is 15.8 Å². The summed E-state index contributed by atoms with van der Waals surface area (Å²) in [4.78, 5) is 3.76. The van der Waals surface area contributed by atoms with Crippen molar-refractivity contribution in [3.05, 3.63) is 36.0 Å². The minimum atomic E-state index is -3.37. The molecule has 1 atom stereocenters. The molecular formula is C18H33N3O2S. The van der Waals surface area contributed by atoms with Gasteiger partial charge in [-0.1, -0.05) is 29.4 Å². The number of rotatable bonds is 11. The maximum atomic E-state index is 12.5. The molecule has 4 N–H and O–H groups in total. The number of allylic oxidation sites excluding steroid dienone is 4. The van der Waals surface area contributed by atoms with Gasteiger partial charge < -0.3 is 11.5 Å². The molecule has 0 unspecified atom stereocenters. The quantitative estimate of drug-likeness (QED) is 0.338. The summed E-state index contributed by atoms with van der Waals surface area (Å²) in [5.41, 5.74) is 13.1. The number of hydrogen-bond donors (Lipinski definition) is 2. The van der Waals surface area contributed by atoms with Crippen LogP contribution >= 0.6 is 0 Å². The SMILES string of the molecule is C=C[C@](C)(CC/C=C(\C)CCC=C(C)C)S(=O)(=O)CCN=C(N)N. The third-order valence-corrected chi connectivity index (χ3v) is 6.53. The molecule has 0 saturated carbocycles. The van der Waals surface area contributed by atoms with Crippen molar-refractivity contribution in [2.75, 3.05) is 12.3 Å². The van der Waals surface area contributed by atoms with Gasteiger partial charge in [-0.3, -0.25) is 4.99 Å². The summed E-state index contributed by atoms with van der Waals surface area (Å²) in [6.45, 7) is 11.7. The highest BCUT2D eigenvalue weighted by atomic mass is 32.2. The van der Waals surface area contributed by atoms with Crippen LogP contribution in [0.3, 0.4) is 0 Å². The molecule has 24 heavy (non-hydrogen) atoms. The van der Waals surface area contributed by atoms with Crippen LogP contribution in [0.25, 0.3) is 0 Å². The van der Waals surface area contributed by atoms with Crippen LogP contribution in [0, 0.1) is 0 Å². The summed E-state index contributed by atoms with van der Waals surface area (Å²) >= 11 is 0. The Morgan fingerprint density at radius 3 is 2.29 bits per heavy atom. The Morgan fingerprint density at radius 1 is 1.17 bits per heavy atom. The number of guanidine groups is 1. The number of aliphatic imine (C=N–C) groups is 1. The molecule has 6 heteroatoms. The van der Waals surface area contributed by atoms with Crippen LogP contribution < -0.4 is 11.5 Å². The maximum absolute atomic E-state index is 12.5. The first-order valence-electron chi connectivity index (χ1n) is 8.24. The first-order chi connectivity index (χ1) is 11.0. The average Bonchev–Trinajstić information content (AvgIpc) is 2.45. The largest absolute Gasteiger partial charge is 0.370 e. The van der Waals surface area contributed by atoms with Gasteiger partial charge in [-0.2, -0.15) is 0 Å². The highest BCUT2D eigenvalue weighted by Gasteiger charge is 2.34. The second-order valence-corrected chi connectivity index (χ2v) is 9.12. The molecule has 0 aliphatic rings. The van der Waals surface area contributed by atoms with E-state index in [1.807, 2.05) is 0 Å². The Hall–Kier alpha value is -1.56. The Labute approximate surface area is 147 Å². The molecule has 0 bridgehead atoms. The van der Waals surface area contributed by atoms with E-state index in [1.54, 1.807) is 6.92 Å². The van der Waals surface area contributed by atoms with E-state index < -0.39 is 14.6 Å². The number of nitrogens with zero attached hydrogens (tertiary/aromatic N) is 1. The molecule has 0 saturated heterocycles. The molecule has 0 amide bonds. The Balaban J connectivity index is 4.74. The molecule has 0 rings (SSSR count). The number of sulfone groups is 1. The highest BCUT2D eigenvalue weighted by Crippen LogP contribution is 2.26. The molecular weight excluding hydrogens is 322 g/mol. The minimum absolute atomic E-state index is 0.0751. The zero-order valence-corrected chi connectivity index (χ0v) is 16.3. The lowest BCUT2D eigenvalue weighted by atomic mass is 10.0. The zero-order valence-electron chi connectivity index (χ0n) is 15.5. The first-order valence-corrected chi connectivity index (χ1v) is 9.89. The van der Waals surface area contributed by atoms with Crippen LogP contribution in [-0.2, 0) is 9.84 Å². The van der Waals surface area contributed by atoms with Crippen molar-refractivity contribution in [1.29, 1.82) is 0 Å². The van der Waals surface area contributed by atoms with Gasteiger partial charge in [-0.05, 0) is 53.4 Å². The van der Waals surface area contributed by atoms with E-state index in [0.717, 1.165) is 12.8 Å². The van der Waals surface area contributed by atoms with Crippen molar-refractivity contribution in [3.63, 3.8) is 0 Å². The lowest BCUT2D eigenvalue weighted by Crippen LogP contribution is -2.36. The molecule has 0 aliphatic heterocycles. The molecule has 0 aromatic carbocycles. The van der Waals surface area contributed by atoms with E-state index in [0.29, 0.717) is 12.8 Å². The Bertz CT molecular complexity index is 596. The fraction of sp³-hybridized carbons (Fsp3) is 0.611. The Morgan fingerprint density at radius 2 is 1.79 bits per heavy atom. The molecule has 0 heterocycles. The van der Waals surface area contributed by atoms with Gasteiger partial charge in [-0.15, -0.1) is 6.58 Å². The van der Waals surface area contributed by atoms with Gasteiger partial charge in [0.2, 0.25) is 0 Å². The second-order valence-electron chi connectivity index (χ2n) is 6.55. The number of nitrogens with two attached hydrogens (primary N) is 2. The topological polar surface area (TPSA) is 98.5 Å². The third kappa shape index (κ3) is 8.34. The van der Waals surface area contributed by atoms with Crippen LogP contribution in [0.15, 0.2) is 40.9 Å². The average molecular weight is 356 g/mol. The first kappa shape index (κ1) is 22.4. The van der Waals surface area contributed by atoms with E-state index in [9.17, 15) is 8.42 Å². The summed E-state index contributed by atoms with van der Waals surface area (Å²) in [7, 11) is -3.37. The predicted molar refractivity (Wildman–Crippen MR) is 105 cm³/mol. The summed E-state index contributed by atoms with van der Waals surface area (Å²) in [6.07, 6.45) is 9.05. The monoisotopic (exact) mass is 355 g/mol. The van der Waals surface area contributed by atoms with Gasteiger partial charge in [0.1, 0.15) is 0 Å². The molecule has 0 radical (unpaired) electrons. The number of hydrogen-bond acceptors (Lipinski definition) is 3. The lowest BCUT2D eigenvalue weighted by Gasteiger charge is -2.25. The van der Waals surface area contributed by atoms with Gasteiger partial charge in [0.25, 0.3) is 0 Å². The summed E-state index contributed by atoms with van der Waals surface area (Å²) in [5, 5.41) is 0. The van der Waals surface area contributed by atoms with Gasteiger partial charge in [0.05, 0.1) is 17.0 Å². The molecule has 0 aromatic heterocycles. The fourth-order valence-electron chi connectivity index (χ4n) is 2.21. The van der Waals surface area contributed by atoms with Crippen LogP contribution in [-0.4, -0.2) is 31.4 Å². The minimum Gasteiger partial charge on any atom is -0.370 e. The molecule has 5 nitrogen and oxygen atoms in total. The van der Waals surface area contributed by atoms with Crippen LogP contribution in [0.5, 0.6) is 0 Å². The molecule has 0 fully saturated rings. The fourth-order valence-corrected chi connectivity index (χ4v) is 3.69. The smallest absolute Gasteiger partial charge is 0.185 e. The van der Waals surface area contributed by atoms with Crippen LogP contribution in [0.4, 0.5) is 0 Å². The van der Waals surface area contributed by atoms with Crippen molar-refractivity contribution in [1.82, 2.24) is 0 Å². The van der Waals surface area contributed by atoms with Gasteiger partial charge >= 0.3 is 0 Å². The second kappa shape index (κ2) is 10.3. The van der Waals surface area contributed by atoms with Crippen molar-refractivity contribution in [3.8, 4) is 0 Å². The summed E-state index contributed by atoms with van der Waals surface area (Å²) < 4.78 is 24.1. The summed E-state index contributed by atoms with van der Waals surface area (Å²) in [5.74, 6) is -0.183. The predicted octanol–water partition coefficient (Wildman–Crippen LogP) is 3.09. The van der Waals surface area contributed by atoms with Crippen molar-refractivity contribution < 1.29 is 8.42 Å². The van der Waals surface area contributed by atoms with E-state index in [1.165, 1.54) is 17.2 Å². The van der Waals surface area contributed by atoms with Crippen LogP contribution in [0.1, 0.15) is 53.4 Å².